The fourth-order valence-corrected chi connectivity index (χ4v) is 3.74. The SMILES string of the molecule is Cn1c(CN2CCN(C[C@H]3CCCO3)CC2)nc2ccccc21. The van der Waals surface area contributed by atoms with Crippen LogP contribution < -0.4 is 0 Å². The van der Waals surface area contributed by atoms with Gasteiger partial charge in [0.2, 0.25) is 0 Å². The molecule has 1 aromatic carbocycles. The molecule has 5 heteroatoms. The first-order valence-corrected chi connectivity index (χ1v) is 8.76. The van der Waals surface area contributed by atoms with Crippen molar-refractivity contribution in [3.63, 3.8) is 0 Å². The van der Waals surface area contributed by atoms with Crippen molar-refractivity contribution in [2.45, 2.75) is 25.5 Å². The number of aromatic nitrogens is 2. The summed E-state index contributed by atoms with van der Waals surface area (Å²) in [4.78, 5) is 9.87. The molecule has 2 fully saturated rings. The molecule has 3 heterocycles. The third kappa shape index (κ3) is 3.27. The molecule has 0 N–H and O–H groups in total. The Labute approximate surface area is 137 Å². The number of benzene rings is 1. The van der Waals surface area contributed by atoms with Crippen LogP contribution in [0.5, 0.6) is 0 Å². The summed E-state index contributed by atoms with van der Waals surface area (Å²) in [5, 5.41) is 0. The standard InChI is InChI=1S/C18H26N4O/c1-20-17-7-3-2-6-16(17)19-18(20)14-22-10-8-21(9-11-22)13-15-5-4-12-23-15/h2-3,6-7,15H,4-5,8-14H2,1H3/t15-/m1/s1. The second kappa shape index (κ2) is 6.59. The van der Waals surface area contributed by atoms with Crippen molar-refractivity contribution in [1.29, 1.82) is 0 Å². The minimum atomic E-state index is 0.474. The predicted molar refractivity (Wildman–Crippen MR) is 91.4 cm³/mol. The lowest BCUT2D eigenvalue weighted by Gasteiger charge is -2.35. The van der Waals surface area contributed by atoms with E-state index in [4.69, 9.17) is 9.72 Å². The summed E-state index contributed by atoms with van der Waals surface area (Å²) in [6.45, 7) is 7.54. The molecule has 2 saturated heterocycles. The highest BCUT2D eigenvalue weighted by molar-refractivity contribution is 5.75. The van der Waals surface area contributed by atoms with Gasteiger partial charge in [-0.1, -0.05) is 12.1 Å². The van der Waals surface area contributed by atoms with Crippen molar-refractivity contribution in [3.05, 3.63) is 30.1 Å². The molecule has 4 rings (SSSR count). The Hall–Kier alpha value is -1.43. The van der Waals surface area contributed by atoms with E-state index < -0.39 is 0 Å². The molecule has 2 aromatic rings. The van der Waals surface area contributed by atoms with Crippen molar-refractivity contribution >= 4 is 11.0 Å². The molecule has 0 amide bonds. The maximum atomic E-state index is 5.76. The third-order valence-electron chi connectivity index (χ3n) is 5.20. The van der Waals surface area contributed by atoms with Gasteiger partial charge in [0.1, 0.15) is 5.82 Å². The van der Waals surface area contributed by atoms with Crippen LogP contribution in [-0.4, -0.2) is 64.8 Å². The lowest BCUT2D eigenvalue weighted by molar-refractivity contribution is 0.0483. The molecule has 0 saturated carbocycles. The topological polar surface area (TPSA) is 33.5 Å². The summed E-state index contributed by atoms with van der Waals surface area (Å²) in [5.41, 5.74) is 2.32. The smallest absolute Gasteiger partial charge is 0.123 e. The van der Waals surface area contributed by atoms with Crippen LogP contribution in [0.15, 0.2) is 24.3 Å². The highest BCUT2D eigenvalue weighted by Crippen LogP contribution is 2.17. The summed E-state index contributed by atoms with van der Waals surface area (Å²) in [6, 6.07) is 8.38. The number of para-hydroxylation sites is 2. The number of ether oxygens (including phenoxy) is 1. The van der Waals surface area contributed by atoms with E-state index >= 15 is 0 Å². The van der Waals surface area contributed by atoms with Crippen molar-refractivity contribution in [1.82, 2.24) is 19.4 Å². The Morgan fingerprint density at radius 2 is 1.91 bits per heavy atom. The average molecular weight is 314 g/mol. The minimum Gasteiger partial charge on any atom is -0.377 e. The monoisotopic (exact) mass is 314 g/mol. The Kier molecular flexibility index (Phi) is 4.33. The zero-order valence-corrected chi connectivity index (χ0v) is 13.9. The minimum absolute atomic E-state index is 0.474. The van der Waals surface area contributed by atoms with E-state index in [1.807, 2.05) is 0 Å². The van der Waals surface area contributed by atoms with E-state index in [1.165, 1.54) is 24.2 Å². The Bertz CT molecular complexity index is 654. The second-order valence-corrected chi connectivity index (χ2v) is 6.79. The molecule has 1 atom stereocenters. The van der Waals surface area contributed by atoms with Crippen LogP contribution in [0, 0.1) is 0 Å². The van der Waals surface area contributed by atoms with Gasteiger partial charge in [-0.05, 0) is 25.0 Å². The third-order valence-corrected chi connectivity index (χ3v) is 5.20. The molecule has 0 aliphatic carbocycles. The van der Waals surface area contributed by atoms with E-state index in [0.717, 1.165) is 51.4 Å². The quantitative estimate of drug-likeness (QED) is 0.863. The molecule has 0 unspecified atom stereocenters. The van der Waals surface area contributed by atoms with Gasteiger partial charge in [0.05, 0.1) is 23.7 Å². The van der Waals surface area contributed by atoms with Crippen LogP contribution in [0.4, 0.5) is 0 Å². The largest absolute Gasteiger partial charge is 0.377 e. The van der Waals surface area contributed by atoms with Gasteiger partial charge in [0.25, 0.3) is 0 Å². The maximum absolute atomic E-state index is 5.76. The van der Waals surface area contributed by atoms with Gasteiger partial charge in [-0.25, -0.2) is 4.98 Å². The van der Waals surface area contributed by atoms with Crippen LogP contribution in [-0.2, 0) is 18.3 Å². The van der Waals surface area contributed by atoms with Crippen molar-refractivity contribution in [2.24, 2.45) is 7.05 Å². The van der Waals surface area contributed by atoms with E-state index in [1.54, 1.807) is 0 Å². The van der Waals surface area contributed by atoms with Crippen LogP contribution in [0.3, 0.4) is 0 Å². The van der Waals surface area contributed by atoms with Gasteiger partial charge in [0, 0.05) is 46.4 Å². The molecule has 2 aliphatic rings. The number of rotatable bonds is 4. The van der Waals surface area contributed by atoms with Crippen LogP contribution in [0.1, 0.15) is 18.7 Å². The number of imidazole rings is 1. The van der Waals surface area contributed by atoms with Gasteiger partial charge in [-0.3, -0.25) is 9.80 Å². The second-order valence-electron chi connectivity index (χ2n) is 6.79. The van der Waals surface area contributed by atoms with Gasteiger partial charge in [0.15, 0.2) is 0 Å². The first-order valence-electron chi connectivity index (χ1n) is 8.76. The number of piperazine rings is 1. The van der Waals surface area contributed by atoms with Crippen molar-refractivity contribution in [3.8, 4) is 0 Å². The molecular weight excluding hydrogens is 288 g/mol. The highest BCUT2D eigenvalue weighted by atomic mass is 16.5. The van der Waals surface area contributed by atoms with E-state index in [-0.39, 0.29) is 0 Å². The number of fused-ring (bicyclic) bond motifs is 1. The highest BCUT2D eigenvalue weighted by Gasteiger charge is 2.23. The summed E-state index contributed by atoms with van der Waals surface area (Å²) >= 11 is 0. The fourth-order valence-electron chi connectivity index (χ4n) is 3.74. The Morgan fingerprint density at radius 3 is 2.65 bits per heavy atom. The molecule has 2 aliphatic heterocycles. The average Bonchev–Trinajstić information content (AvgIpc) is 3.19. The van der Waals surface area contributed by atoms with E-state index in [0.29, 0.717) is 6.10 Å². The molecular formula is C18H26N4O. The number of nitrogens with zero attached hydrogens (tertiary/aromatic N) is 4. The normalized spacial score (nSPS) is 23.8. The summed E-state index contributed by atoms with van der Waals surface area (Å²) in [6.07, 6.45) is 2.94. The summed E-state index contributed by atoms with van der Waals surface area (Å²) in [7, 11) is 2.12. The van der Waals surface area contributed by atoms with Crippen LogP contribution >= 0.6 is 0 Å². The molecule has 0 spiro atoms. The zero-order chi connectivity index (χ0) is 15.6. The first kappa shape index (κ1) is 15.1. The van der Waals surface area contributed by atoms with Gasteiger partial charge in [-0.2, -0.15) is 0 Å². The predicted octanol–water partition coefficient (Wildman–Crippen LogP) is 1.87. The molecule has 5 nitrogen and oxygen atoms in total. The molecule has 0 radical (unpaired) electrons. The van der Waals surface area contributed by atoms with Gasteiger partial charge >= 0.3 is 0 Å². The van der Waals surface area contributed by atoms with Crippen LogP contribution in [0.25, 0.3) is 11.0 Å². The van der Waals surface area contributed by atoms with E-state index in [9.17, 15) is 0 Å². The fraction of sp³-hybridized carbons (Fsp3) is 0.611. The van der Waals surface area contributed by atoms with Crippen molar-refractivity contribution in [2.75, 3.05) is 39.3 Å². The lowest BCUT2D eigenvalue weighted by Crippen LogP contribution is -2.48. The van der Waals surface area contributed by atoms with Crippen LogP contribution in [0.2, 0.25) is 0 Å². The number of aryl methyl sites for hydroxylation is 1. The maximum Gasteiger partial charge on any atom is 0.123 e. The van der Waals surface area contributed by atoms with Gasteiger partial charge < -0.3 is 9.30 Å². The molecule has 124 valence electrons. The van der Waals surface area contributed by atoms with E-state index in [2.05, 4.69) is 45.7 Å². The molecule has 1 aromatic heterocycles. The number of hydrogen-bond donors (Lipinski definition) is 0. The zero-order valence-electron chi connectivity index (χ0n) is 13.9. The summed E-state index contributed by atoms with van der Waals surface area (Å²) in [5.74, 6) is 1.17. The lowest BCUT2D eigenvalue weighted by atomic mass is 10.2. The van der Waals surface area contributed by atoms with Gasteiger partial charge in [-0.15, -0.1) is 0 Å². The Morgan fingerprint density at radius 1 is 1.13 bits per heavy atom. The molecule has 0 bridgehead atoms. The Balaban J connectivity index is 1.34. The first-order chi connectivity index (χ1) is 11.3. The van der Waals surface area contributed by atoms with Crippen molar-refractivity contribution < 1.29 is 4.74 Å². The summed E-state index contributed by atoms with van der Waals surface area (Å²) < 4.78 is 7.99. The number of hydrogen-bond acceptors (Lipinski definition) is 4. The molecule has 23 heavy (non-hydrogen) atoms.